The molecule has 0 bridgehead atoms. The molecule has 0 radical (unpaired) electrons. The van der Waals surface area contributed by atoms with Gasteiger partial charge in [0.05, 0.1) is 6.42 Å². The summed E-state index contributed by atoms with van der Waals surface area (Å²) < 4.78 is 26.6. The van der Waals surface area contributed by atoms with Crippen LogP contribution in [0.2, 0.25) is 0 Å². The Labute approximate surface area is 126 Å². The predicted molar refractivity (Wildman–Crippen MR) is 76.2 cm³/mol. The number of nitriles is 1. The fraction of sp³-hybridized carbons (Fsp3) is 0.417. The van der Waals surface area contributed by atoms with E-state index in [4.69, 9.17) is 10.4 Å². The molecule has 0 aliphatic carbocycles. The maximum Gasteiger partial charge on any atom is 0.305 e. The lowest BCUT2D eigenvalue weighted by atomic mass is 10.2. The van der Waals surface area contributed by atoms with Gasteiger partial charge in [-0.1, -0.05) is 0 Å². The molecule has 2 rings (SSSR count). The van der Waals surface area contributed by atoms with Crippen molar-refractivity contribution in [3.8, 4) is 6.07 Å². The number of carboxylic acids is 1. The van der Waals surface area contributed by atoms with Crippen LogP contribution in [0.3, 0.4) is 0 Å². The monoisotopic (exact) mass is 327 g/mol. The first kappa shape index (κ1) is 15.8. The summed E-state index contributed by atoms with van der Waals surface area (Å²) in [6, 6.07) is 3.91. The zero-order chi connectivity index (χ0) is 15.5. The van der Waals surface area contributed by atoms with Crippen LogP contribution in [0.15, 0.2) is 23.2 Å². The summed E-state index contributed by atoms with van der Waals surface area (Å²) in [7, 11) is -3.93. The van der Waals surface area contributed by atoms with E-state index in [9.17, 15) is 13.2 Å². The molecule has 0 amide bonds. The molecule has 0 aromatic carbocycles. The van der Waals surface area contributed by atoms with Crippen LogP contribution in [0.25, 0.3) is 0 Å². The highest BCUT2D eigenvalue weighted by Gasteiger charge is 2.36. The Kier molecular flexibility index (Phi) is 4.82. The zero-order valence-corrected chi connectivity index (χ0v) is 12.6. The summed E-state index contributed by atoms with van der Waals surface area (Å²) in [4.78, 5) is 14.5. The summed E-state index contributed by atoms with van der Waals surface area (Å²) >= 11 is 1.52. The topological polar surface area (TPSA) is 111 Å². The van der Waals surface area contributed by atoms with Gasteiger partial charge in [-0.2, -0.15) is 21.3 Å². The van der Waals surface area contributed by atoms with Gasteiger partial charge in [0.2, 0.25) is 10.0 Å². The molecule has 1 saturated heterocycles. The van der Waals surface area contributed by atoms with Crippen molar-refractivity contribution >= 4 is 27.8 Å². The quantitative estimate of drug-likeness (QED) is 0.858. The van der Waals surface area contributed by atoms with Crippen molar-refractivity contribution < 1.29 is 18.3 Å². The van der Waals surface area contributed by atoms with Crippen LogP contribution in [-0.2, 0) is 14.8 Å². The largest absolute Gasteiger partial charge is 0.481 e. The average molecular weight is 327 g/mol. The lowest BCUT2D eigenvalue weighted by Crippen LogP contribution is -2.47. The second-order valence-corrected chi connectivity index (χ2v) is 7.41. The Morgan fingerprint density at radius 3 is 3.05 bits per heavy atom. The Bertz CT molecular complexity index is 684. The maximum atomic E-state index is 12.7. The Morgan fingerprint density at radius 2 is 2.38 bits per heavy atom. The third kappa shape index (κ3) is 3.34. The predicted octanol–water partition coefficient (Wildman–Crippen LogP) is 0.534. The number of pyridine rings is 1. The second kappa shape index (κ2) is 6.43. The van der Waals surface area contributed by atoms with E-state index in [0.717, 1.165) is 0 Å². The summed E-state index contributed by atoms with van der Waals surface area (Å²) in [5, 5.41) is 17.9. The number of carboxylic acid groups (broad SMARTS) is 1. The third-order valence-corrected chi connectivity index (χ3v) is 6.12. The average Bonchev–Trinajstić information content (AvgIpc) is 2.47. The number of hydrogen-bond donors (Lipinski definition) is 1. The highest BCUT2D eigenvalue weighted by Crippen LogP contribution is 2.27. The highest BCUT2D eigenvalue weighted by molar-refractivity contribution is 7.99. The van der Waals surface area contributed by atoms with E-state index in [1.54, 1.807) is 6.07 Å². The number of sulfonamides is 1. The molecule has 1 aliphatic heterocycles. The normalized spacial score (nSPS) is 19.9. The number of hydrogen-bond acceptors (Lipinski definition) is 6. The van der Waals surface area contributed by atoms with Crippen molar-refractivity contribution in [2.24, 2.45) is 0 Å². The second-order valence-electron chi connectivity index (χ2n) is 4.40. The smallest absolute Gasteiger partial charge is 0.305 e. The fourth-order valence-corrected chi connectivity index (χ4v) is 5.12. The molecule has 0 saturated carbocycles. The molecule has 21 heavy (non-hydrogen) atoms. The van der Waals surface area contributed by atoms with E-state index in [2.05, 4.69) is 4.98 Å². The Hall–Kier alpha value is -1.63. The Balaban J connectivity index is 2.41. The summed E-state index contributed by atoms with van der Waals surface area (Å²) in [6.45, 7) is 0.227. The van der Waals surface area contributed by atoms with Gasteiger partial charge in [0.1, 0.15) is 11.0 Å². The molecule has 112 valence electrons. The van der Waals surface area contributed by atoms with Crippen molar-refractivity contribution in [1.82, 2.24) is 9.29 Å². The van der Waals surface area contributed by atoms with Crippen LogP contribution in [0.5, 0.6) is 0 Å². The first-order chi connectivity index (χ1) is 9.96. The molecule has 0 spiro atoms. The van der Waals surface area contributed by atoms with Crippen molar-refractivity contribution in [2.75, 3.05) is 18.1 Å². The van der Waals surface area contributed by atoms with Crippen molar-refractivity contribution in [1.29, 1.82) is 5.26 Å². The number of nitrogens with zero attached hydrogens (tertiary/aromatic N) is 3. The lowest BCUT2D eigenvalue weighted by Gasteiger charge is -2.33. The summed E-state index contributed by atoms with van der Waals surface area (Å²) in [6.07, 6.45) is 1.09. The van der Waals surface area contributed by atoms with E-state index in [0.29, 0.717) is 11.5 Å². The molecule has 2 heterocycles. The Morgan fingerprint density at radius 1 is 1.62 bits per heavy atom. The molecular formula is C12H13N3O4S2. The molecule has 9 heteroatoms. The summed E-state index contributed by atoms with van der Waals surface area (Å²) in [5.41, 5.74) is -0.176. The maximum absolute atomic E-state index is 12.7. The van der Waals surface area contributed by atoms with Gasteiger partial charge in [0.25, 0.3) is 0 Å². The van der Waals surface area contributed by atoms with Gasteiger partial charge in [-0.25, -0.2) is 13.4 Å². The van der Waals surface area contributed by atoms with E-state index in [1.165, 1.54) is 34.4 Å². The van der Waals surface area contributed by atoms with Crippen LogP contribution in [0.4, 0.5) is 0 Å². The molecule has 1 aliphatic rings. The molecule has 1 N–H and O–H groups in total. The van der Waals surface area contributed by atoms with E-state index < -0.39 is 22.0 Å². The van der Waals surface area contributed by atoms with Crippen molar-refractivity contribution in [3.05, 3.63) is 24.0 Å². The molecule has 1 fully saturated rings. The van der Waals surface area contributed by atoms with Crippen LogP contribution in [-0.4, -0.2) is 52.9 Å². The van der Waals surface area contributed by atoms with Gasteiger partial charge < -0.3 is 5.11 Å². The highest BCUT2D eigenvalue weighted by atomic mass is 32.2. The standard InChI is InChI=1S/C12H13N3O4S2/c13-7-10-11(2-1-3-14-10)21(18,19)15-4-5-20-8-9(15)6-12(16)17/h1-3,9H,4-6,8H2,(H,16,17). The minimum atomic E-state index is -3.93. The molecule has 7 nitrogen and oxygen atoms in total. The van der Waals surface area contributed by atoms with Gasteiger partial charge in [0.15, 0.2) is 5.69 Å². The molecule has 1 aromatic heterocycles. The number of aromatic nitrogens is 1. The number of thioether (sulfide) groups is 1. The van der Waals surface area contributed by atoms with Crippen LogP contribution >= 0.6 is 11.8 Å². The minimum Gasteiger partial charge on any atom is -0.481 e. The number of rotatable bonds is 4. The van der Waals surface area contributed by atoms with Gasteiger partial charge in [-0.3, -0.25) is 4.79 Å². The van der Waals surface area contributed by atoms with Crippen molar-refractivity contribution in [2.45, 2.75) is 17.4 Å². The van der Waals surface area contributed by atoms with Gasteiger partial charge >= 0.3 is 5.97 Å². The van der Waals surface area contributed by atoms with Crippen molar-refractivity contribution in [3.63, 3.8) is 0 Å². The zero-order valence-electron chi connectivity index (χ0n) is 11.0. The SMILES string of the molecule is N#Cc1ncccc1S(=O)(=O)N1CCSCC1CC(=O)O. The molecule has 1 aromatic rings. The van der Waals surface area contributed by atoms with Gasteiger partial charge in [-0.05, 0) is 12.1 Å². The minimum absolute atomic E-state index is 0.171. The number of carbonyl (C=O) groups is 1. The summed E-state index contributed by atoms with van der Waals surface area (Å²) in [5.74, 6) is -0.0278. The lowest BCUT2D eigenvalue weighted by molar-refractivity contribution is -0.137. The first-order valence-corrected chi connectivity index (χ1v) is 8.73. The van der Waals surface area contributed by atoms with Gasteiger partial charge in [-0.15, -0.1) is 0 Å². The van der Waals surface area contributed by atoms with Crippen LogP contribution in [0, 0.1) is 11.3 Å². The van der Waals surface area contributed by atoms with E-state index >= 15 is 0 Å². The van der Waals surface area contributed by atoms with E-state index in [1.807, 2.05) is 0 Å². The van der Waals surface area contributed by atoms with Gasteiger partial charge in [0, 0.05) is 30.3 Å². The third-order valence-electron chi connectivity index (χ3n) is 3.05. The molecule has 1 unspecified atom stereocenters. The molecule has 1 atom stereocenters. The first-order valence-electron chi connectivity index (χ1n) is 6.13. The van der Waals surface area contributed by atoms with Crippen LogP contribution in [0.1, 0.15) is 12.1 Å². The molecular weight excluding hydrogens is 314 g/mol. The van der Waals surface area contributed by atoms with Crippen LogP contribution < -0.4 is 0 Å². The van der Waals surface area contributed by atoms with E-state index in [-0.39, 0.29) is 23.6 Å². The number of aliphatic carboxylic acids is 1. The fourth-order valence-electron chi connectivity index (χ4n) is 2.13.